The molecule has 25 heavy (non-hydrogen) atoms. The lowest BCUT2D eigenvalue weighted by Crippen LogP contribution is -2.21. The summed E-state index contributed by atoms with van der Waals surface area (Å²) in [6, 6.07) is 14.2. The molecule has 0 saturated heterocycles. The van der Waals surface area contributed by atoms with E-state index in [0.717, 1.165) is 6.07 Å². The van der Waals surface area contributed by atoms with Crippen LogP contribution in [0.25, 0.3) is 0 Å². The molecular formula is C19H13F2NO3. The van der Waals surface area contributed by atoms with Crippen molar-refractivity contribution in [2.75, 3.05) is 0 Å². The van der Waals surface area contributed by atoms with Crippen molar-refractivity contribution in [3.05, 3.63) is 105 Å². The number of carbonyl (C=O) groups is 1. The Morgan fingerprint density at radius 2 is 1.40 bits per heavy atom. The van der Waals surface area contributed by atoms with Gasteiger partial charge in [-0.25, -0.2) is 13.6 Å². The minimum Gasteiger partial charge on any atom is -0.477 e. The highest BCUT2D eigenvalue weighted by Gasteiger charge is 2.24. The summed E-state index contributed by atoms with van der Waals surface area (Å²) in [5, 5.41) is 8.98. The molecule has 1 heterocycles. The molecule has 0 aliphatic carbocycles. The number of hydrogen-bond acceptors (Lipinski definition) is 2. The normalized spacial score (nSPS) is 10.8. The van der Waals surface area contributed by atoms with Crippen LogP contribution < -0.4 is 5.56 Å². The van der Waals surface area contributed by atoms with Crippen molar-refractivity contribution < 1.29 is 18.7 Å². The number of carboxylic acid groups (broad SMARTS) is 1. The number of pyridine rings is 1. The van der Waals surface area contributed by atoms with E-state index in [2.05, 4.69) is 4.98 Å². The summed E-state index contributed by atoms with van der Waals surface area (Å²) in [4.78, 5) is 25.4. The molecule has 3 rings (SSSR count). The van der Waals surface area contributed by atoms with E-state index in [1.807, 2.05) is 0 Å². The number of carboxylic acids is 1. The number of aromatic carboxylic acids is 1. The number of halogens is 2. The van der Waals surface area contributed by atoms with E-state index in [9.17, 15) is 18.4 Å². The maximum absolute atomic E-state index is 14.3. The maximum atomic E-state index is 14.3. The van der Waals surface area contributed by atoms with E-state index in [-0.39, 0.29) is 16.8 Å². The van der Waals surface area contributed by atoms with Crippen LogP contribution in [0.3, 0.4) is 0 Å². The Hall–Kier alpha value is -3.28. The third-order valence-electron chi connectivity index (χ3n) is 3.91. The second kappa shape index (κ2) is 6.68. The SMILES string of the molecule is O=C(O)c1ccc(C(c2ccccc2F)c2ccccc2F)[nH]c1=O. The minimum atomic E-state index is -1.37. The average molecular weight is 341 g/mol. The molecule has 2 aromatic carbocycles. The fourth-order valence-corrected chi connectivity index (χ4v) is 2.75. The van der Waals surface area contributed by atoms with Gasteiger partial charge in [0.05, 0.1) is 5.92 Å². The molecule has 126 valence electrons. The Kier molecular flexibility index (Phi) is 4.43. The van der Waals surface area contributed by atoms with Crippen LogP contribution in [-0.2, 0) is 0 Å². The lowest BCUT2D eigenvalue weighted by molar-refractivity contribution is 0.0695. The number of aromatic nitrogens is 1. The van der Waals surface area contributed by atoms with Gasteiger partial charge in [0.15, 0.2) is 0 Å². The standard InChI is InChI=1S/C19H13F2NO3/c20-14-7-3-1-5-11(14)17(12-6-2-4-8-15(12)21)16-10-9-13(19(24)25)18(23)22-16/h1-10,17H,(H,22,23)(H,24,25). The number of aromatic amines is 1. The summed E-state index contributed by atoms with van der Waals surface area (Å²) in [7, 11) is 0. The first-order valence-corrected chi connectivity index (χ1v) is 7.44. The van der Waals surface area contributed by atoms with Gasteiger partial charge in [0.1, 0.15) is 17.2 Å². The number of H-pyrrole nitrogens is 1. The molecule has 0 saturated carbocycles. The van der Waals surface area contributed by atoms with Gasteiger partial charge in [-0.05, 0) is 24.3 Å². The lowest BCUT2D eigenvalue weighted by atomic mass is 9.87. The van der Waals surface area contributed by atoms with Crippen molar-refractivity contribution in [3.8, 4) is 0 Å². The zero-order valence-corrected chi connectivity index (χ0v) is 12.9. The molecule has 0 radical (unpaired) electrons. The Bertz CT molecular complexity index is 952. The Balaban J connectivity index is 2.24. The number of benzene rings is 2. The first-order valence-electron chi connectivity index (χ1n) is 7.44. The molecule has 0 aliphatic heterocycles. The summed E-state index contributed by atoms with van der Waals surface area (Å²) in [5.41, 5.74) is -0.727. The first-order chi connectivity index (χ1) is 12.0. The van der Waals surface area contributed by atoms with Gasteiger partial charge < -0.3 is 10.1 Å². The van der Waals surface area contributed by atoms with Crippen LogP contribution >= 0.6 is 0 Å². The van der Waals surface area contributed by atoms with E-state index in [4.69, 9.17) is 5.11 Å². The Labute approximate surface area is 141 Å². The molecule has 6 heteroatoms. The summed E-state index contributed by atoms with van der Waals surface area (Å²) >= 11 is 0. The first kappa shape index (κ1) is 16.6. The Morgan fingerprint density at radius 1 is 0.880 bits per heavy atom. The summed E-state index contributed by atoms with van der Waals surface area (Å²) in [6.45, 7) is 0. The molecule has 0 aliphatic rings. The van der Waals surface area contributed by atoms with Crippen molar-refractivity contribution in [1.29, 1.82) is 0 Å². The lowest BCUT2D eigenvalue weighted by Gasteiger charge is -2.19. The summed E-state index contributed by atoms with van der Waals surface area (Å²) in [6.07, 6.45) is 0. The van der Waals surface area contributed by atoms with Crippen LogP contribution in [-0.4, -0.2) is 16.1 Å². The highest BCUT2D eigenvalue weighted by Crippen LogP contribution is 2.33. The van der Waals surface area contributed by atoms with Crippen LogP contribution in [0.4, 0.5) is 8.78 Å². The van der Waals surface area contributed by atoms with Crippen molar-refractivity contribution >= 4 is 5.97 Å². The molecule has 0 amide bonds. The fourth-order valence-electron chi connectivity index (χ4n) is 2.75. The molecule has 4 nitrogen and oxygen atoms in total. The molecule has 0 atom stereocenters. The topological polar surface area (TPSA) is 70.2 Å². The third kappa shape index (κ3) is 3.19. The molecule has 2 N–H and O–H groups in total. The molecule has 0 spiro atoms. The second-order valence-electron chi connectivity index (χ2n) is 5.44. The third-order valence-corrected chi connectivity index (χ3v) is 3.91. The molecular weight excluding hydrogens is 328 g/mol. The van der Waals surface area contributed by atoms with Crippen LogP contribution in [0.15, 0.2) is 65.5 Å². The molecule has 0 unspecified atom stereocenters. The van der Waals surface area contributed by atoms with Gasteiger partial charge in [-0.15, -0.1) is 0 Å². The van der Waals surface area contributed by atoms with Crippen molar-refractivity contribution in [2.45, 2.75) is 5.92 Å². The van der Waals surface area contributed by atoms with Crippen molar-refractivity contribution in [1.82, 2.24) is 4.98 Å². The number of nitrogens with one attached hydrogen (secondary N) is 1. The van der Waals surface area contributed by atoms with Gasteiger partial charge in [-0.3, -0.25) is 4.79 Å². The molecule has 0 bridgehead atoms. The fraction of sp³-hybridized carbons (Fsp3) is 0.0526. The average Bonchev–Trinajstić information content (AvgIpc) is 2.58. The highest BCUT2D eigenvalue weighted by molar-refractivity contribution is 5.87. The maximum Gasteiger partial charge on any atom is 0.341 e. The Morgan fingerprint density at radius 3 is 1.84 bits per heavy atom. The smallest absolute Gasteiger partial charge is 0.341 e. The van der Waals surface area contributed by atoms with E-state index in [1.54, 1.807) is 12.1 Å². The van der Waals surface area contributed by atoms with Crippen molar-refractivity contribution in [2.24, 2.45) is 0 Å². The zero-order chi connectivity index (χ0) is 18.0. The van der Waals surface area contributed by atoms with Gasteiger partial charge >= 0.3 is 5.97 Å². The number of rotatable bonds is 4. The van der Waals surface area contributed by atoms with Crippen LogP contribution in [0.2, 0.25) is 0 Å². The summed E-state index contributed by atoms with van der Waals surface area (Å²) < 4.78 is 28.7. The van der Waals surface area contributed by atoms with Crippen molar-refractivity contribution in [3.63, 3.8) is 0 Å². The second-order valence-corrected chi connectivity index (χ2v) is 5.44. The van der Waals surface area contributed by atoms with Gasteiger partial charge in [-0.2, -0.15) is 0 Å². The molecule has 3 aromatic rings. The van der Waals surface area contributed by atoms with Gasteiger partial charge in [0, 0.05) is 16.8 Å². The predicted octanol–water partition coefficient (Wildman–Crippen LogP) is 3.53. The van der Waals surface area contributed by atoms with Crippen LogP contribution in [0.5, 0.6) is 0 Å². The monoisotopic (exact) mass is 341 g/mol. The largest absolute Gasteiger partial charge is 0.477 e. The molecule has 0 fully saturated rings. The highest BCUT2D eigenvalue weighted by atomic mass is 19.1. The van der Waals surface area contributed by atoms with Gasteiger partial charge in [0.2, 0.25) is 0 Å². The summed E-state index contributed by atoms with van der Waals surface area (Å²) in [5.74, 6) is -3.41. The minimum absolute atomic E-state index is 0.173. The van der Waals surface area contributed by atoms with E-state index < -0.39 is 34.6 Å². The number of hydrogen-bond donors (Lipinski definition) is 2. The van der Waals surface area contributed by atoms with Crippen LogP contribution in [0, 0.1) is 11.6 Å². The predicted molar refractivity (Wildman–Crippen MR) is 87.8 cm³/mol. The van der Waals surface area contributed by atoms with Crippen LogP contribution in [0.1, 0.15) is 33.1 Å². The van der Waals surface area contributed by atoms with Gasteiger partial charge in [0.25, 0.3) is 5.56 Å². The van der Waals surface area contributed by atoms with E-state index in [0.29, 0.717) is 0 Å². The van der Waals surface area contributed by atoms with E-state index in [1.165, 1.54) is 42.5 Å². The quantitative estimate of drug-likeness (QED) is 0.763. The van der Waals surface area contributed by atoms with Gasteiger partial charge in [-0.1, -0.05) is 36.4 Å². The van der Waals surface area contributed by atoms with E-state index >= 15 is 0 Å². The zero-order valence-electron chi connectivity index (χ0n) is 12.9. The molecule has 1 aromatic heterocycles.